The first-order valence-electron chi connectivity index (χ1n) is 11.7. The fourth-order valence-corrected chi connectivity index (χ4v) is 5.26. The first-order chi connectivity index (χ1) is 16.9. The minimum Gasteiger partial charge on any atom is -0.341 e. The third-order valence-electron chi connectivity index (χ3n) is 6.52. The van der Waals surface area contributed by atoms with Gasteiger partial charge in [-0.2, -0.15) is 0 Å². The minimum absolute atomic E-state index is 0.0673. The Labute approximate surface area is 207 Å². The molecule has 0 spiro atoms. The van der Waals surface area contributed by atoms with Crippen LogP contribution in [-0.4, -0.2) is 28.5 Å². The number of piperidine rings is 1. The Morgan fingerprint density at radius 3 is 2.74 bits per heavy atom. The highest BCUT2D eigenvalue weighted by Crippen LogP contribution is 2.26. The molecule has 1 atom stereocenters. The van der Waals surface area contributed by atoms with Gasteiger partial charge in [0.2, 0.25) is 11.9 Å². The molecule has 4 aromatic rings. The molecular formula is C27H27FN4O2S. The molecule has 0 unspecified atom stereocenters. The molecule has 1 saturated heterocycles. The Kier molecular flexibility index (Phi) is 6.38. The number of nitrogens with one attached hydrogen (secondary N) is 1. The van der Waals surface area contributed by atoms with Crippen LogP contribution < -0.4 is 15.8 Å². The van der Waals surface area contributed by atoms with Crippen LogP contribution in [-0.2, 0) is 11.3 Å². The second kappa shape index (κ2) is 9.62. The van der Waals surface area contributed by atoms with Crippen molar-refractivity contribution in [1.29, 1.82) is 0 Å². The molecule has 3 heterocycles. The molecule has 0 aliphatic carbocycles. The number of aryl methyl sites for hydroxylation is 2. The fourth-order valence-electron chi connectivity index (χ4n) is 4.48. The molecule has 1 amide bonds. The van der Waals surface area contributed by atoms with Crippen LogP contribution in [0.2, 0.25) is 0 Å². The summed E-state index contributed by atoms with van der Waals surface area (Å²) in [6.45, 7) is 5.28. The summed E-state index contributed by atoms with van der Waals surface area (Å²) in [6, 6.07) is 14.7. The van der Waals surface area contributed by atoms with Crippen molar-refractivity contribution in [2.75, 3.05) is 23.3 Å². The molecule has 1 fully saturated rings. The van der Waals surface area contributed by atoms with E-state index in [0.29, 0.717) is 47.1 Å². The van der Waals surface area contributed by atoms with Gasteiger partial charge in [0.15, 0.2) is 0 Å². The number of halogens is 1. The lowest BCUT2D eigenvalue weighted by molar-refractivity contribution is -0.120. The number of anilines is 2. The summed E-state index contributed by atoms with van der Waals surface area (Å²) in [6.07, 6.45) is 1.52. The predicted octanol–water partition coefficient (Wildman–Crippen LogP) is 5.12. The lowest BCUT2D eigenvalue weighted by Gasteiger charge is -2.34. The van der Waals surface area contributed by atoms with E-state index in [2.05, 4.69) is 5.32 Å². The molecule has 0 bridgehead atoms. The van der Waals surface area contributed by atoms with E-state index in [1.165, 1.54) is 17.4 Å². The zero-order chi connectivity index (χ0) is 24.5. The lowest BCUT2D eigenvalue weighted by atomic mass is 9.97. The number of amides is 1. The summed E-state index contributed by atoms with van der Waals surface area (Å²) in [5.74, 6) is -0.208. The molecule has 1 aliphatic rings. The van der Waals surface area contributed by atoms with Gasteiger partial charge in [0.05, 0.1) is 18.0 Å². The molecule has 35 heavy (non-hydrogen) atoms. The van der Waals surface area contributed by atoms with Crippen molar-refractivity contribution in [3.63, 3.8) is 0 Å². The predicted molar refractivity (Wildman–Crippen MR) is 139 cm³/mol. The first-order valence-corrected chi connectivity index (χ1v) is 12.6. The van der Waals surface area contributed by atoms with Crippen molar-refractivity contribution in [1.82, 2.24) is 9.55 Å². The number of nitrogens with zero attached hydrogens (tertiary/aromatic N) is 3. The SMILES string of the molecule is Cc1ccc(Cn2c(N3CCC[C@H](C(=O)Nc4ccc(C)c(F)c4)C3)nc3ccsc3c2=O)cc1. The van der Waals surface area contributed by atoms with Crippen LogP contribution in [0, 0.1) is 25.6 Å². The highest BCUT2D eigenvalue weighted by Gasteiger charge is 2.29. The third-order valence-corrected chi connectivity index (χ3v) is 7.41. The van der Waals surface area contributed by atoms with Crippen LogP contribution in [0.4, 0.5) is 16.0 Å². The number of thiophene rings is 1. The number of carbonyl (C=O) groups excluding carboxylic acids is 1. The number of hydrogen-bond acceptors (Lipinski definition) is 5. The molecule has 2 aromatic heterocycles. The van der Waals surface area contributed by atoms with E-state index in [0.717, 1.165) is 24.0 Å². The Balaban J connectivity index is 1.43. The molecule has 2 aromatic carbocycles. The maximum atomic E-state index is 13.9. The Bertz CT molecular complexity index is 1440. The van der Waals surface area contributed by atoms with Gasteiger partial charge in [-0.05, 0) is 61.4 Å². The Hall–Kier alpha value is -3.52. The van der Waals surface area contributed by atoms with Gasteiger partial charge in [-0.25, -0.2) is 9.37 Å². The highest BCUT2D eigenvalue weighted by molar-refractivity contribution is 7.17. The monoisotopic (exact) mass is 490 g/mol. The van der Waals surface area contributed by atoms with E-state index in [9.17, 15) is 14.0 Å². The standard InChI is InChI=1S/C27H27FN4O2S/c1-17-5-8-19(9-6-17)15-32-26(34)24-23(11-13-35-24)30-27(32)31-12-3-4-20(16-31)25(33)29-21-10-7-18(2)22(28)14-21/h5-11,13-14,20H,3-4,12,15-16H2,1-2H3,(H,29,33)/t20-/m0/s1. The van der Waals surface area contributed by atoms with Gasteiger partial charge < -0.3 is 10.2 Å². The second-order valence-electron chi connectivity index (χ2n) is 9.16. The molecule has 6 nitrogen and oxygen atoms in total. The molecular weight excluding hydrogens is 463 g/mol. The zero-order valence-electron chi connectivity index (χ0n) is 19.8. The lowest BCUT2D eigenvalue weighted by Crippen LogP contribution is -2.43. The maximum absolute atomic E-state index is 13.9. The summed E-state index contributed by atoms with van der Waals surface area (Å²) < 4.78 is 16.3. The van der Waals surface area contributed by atoms with E-state index in [1.54, 1.807) is 23.6 Å². The smallest absolute Gasteiger partial charge is 0.273 e. The van der Waals surface area contributed by atoms with Gasteiger partial charge in [-0.3, -0.25) is 14.2 Å². The Morgan fingerprint density at radius 2 is 1.97 bits per heavy atom. The summed E-state index contributed by atoms with van der Waals surface area (Å²) in [4.78, 5) is 33.4. The van der Waals surface area contributed by atoms with Gasteiger partial charge in [0.25, 0.3) is 5.56 Å². The number of hydrogen-bond donors (Lipinski definition) is 1. The zero-order valence-corrected chi connectivity index (χ0v) is 20.6. The molecule has 180 valence electrons. The molecule has 0 radical (unpaired) electrons. The summed E-state index contributed by atoms with van der Waals surface area (Å²) >= 11 is 1.40. The quantitative estimate of drug-likeness (QED) is 0.422. The minimum atomic E-state index is -0.346. The Morgan fingerprint density at radius 1 is 1.17 bits per heavy atom. The number of benzene rings is 2. The van der Waals surface area contributed by atoms with Crippen molar-refractivity contribution in [3.8, 4) is 0 Å². The molecule has 1 aliphatic heterocycles. The van der Waals surface area contributed by atoms with Crippen molar-refractivity contribution < 1.29 is 9.18 Å². The highest BCUT2D eigenvalue weighted by atomic mass is 32.1. The van der Waals surface area contributed by atoms with Gasteiger partial charge in [-0.15, -0.1) is 11.3 Å². The molecule has 5 rings (SSSR count). The third kappa shape index (κ3) is 4.84. The number of fused-ring (bicyclic) bond motifs is 1. The van der Waals surface area contributed by atoms with E-state index in [4.69, 9.17) is 4.98 Å². The van der Waals surface area contributed by atoms with Gasteiger partial charge in [-0.1, -0.05) is 35.9 Å². The summed E-state index contributed by atoms with van der Waals surface area (Å²) in [7, 11) is 0. The largest absolute Gasteiger partial charge is 0.341 e. The topological polar surface area (TPSA) is 67.2 Å². The average Bonchev–Trinajstić information content (AvgIpc) is 3.33. The van der Waals surface area contributed by atoms with Crippen LogP contribution in [0.25, 0.3) is 10.2 Å². The maximum Gasteiger partial charge on any atom is 0.273 e. The summed E-state index contributed by atoms with van der Waals surface area (Å²) in [5.41, 5.74) is 3.77. The van der Waals surface area contributed by atoms with Crippen LogP contribution in [0.5, 0.6) is 0 Å². The van der Waals surface area contributed by atoms with E-state index >= 15 is 0 Å². The van der Waals surface area contributed by atoms with Crippen LogP contribution in [0.15, 0.2) is 58.7 Å². The number of carbonyl (C=O) groups is 1. The van der Waals surface area contributed by atoms with E-state index in [1.807, 2.05) is 47.5 Å². The molecule has 0 saturated carbocycles. The summed E-state index contributed by atoms with van der Waals surface area (Å²) in [5, 5.41) is 4.74. The normalized spacial score (nSPS) is 16.0. The van der Waals surface area contributed by atoms with Crippen LogP contribution in [0.1, 0.15) is 29.5 Å². The molecule has 1 N–H and O–H groups in total. The average molecular weight is 491 g/mol. The molecule has 8 heteroatoms. The van der Waals surface area contributed by atoms with Gasteiger partial charge in [0, 0.05) is 18.8 Å². The second-order valence-corrected chi connectivity index (χ2v) is 10.1. The van der Waals surface area contributed by atoms with Crippen molar-refractivity contribution in [2.24, 2.45) is 5.92 Å². The number of aromatic nitrogens is 2. The number of rotatable bonds is 5. The van der Waals surface area contributed by atoms with Crippen LogP contribution in [0.3, 0.4) is 0 Å². The van der Waals surface area contributed by atoms with Gasteiger partial charge in [0.1, 0.15) is 10.5 Å². The van der Waals surface area contributed by atoms with Crippen LogP contribution >= 0.6 is 11.3 Å². The van der Waals surface area contributed by atoms with E-state index in [-0.39, 0.29) is 23.2 Å². The fraction of sp³-hybridized carbons (Fsp3) is 0.296. The van der Waals surface area contributed by atoms with Gasteiger partial charge >= 0.3 is 0 Å². The van der Waals surface area contributed by atoms with E-state index < -0.39 is 0 Å². The van der Waals surface area contributed by atoms with Crippen molar-refractivity contribution in [2.45, 2.75) is 33.2 Å². The van der Waals surface area contributed by atoms with Crippen molar-refractivity contribution in [3.05, 3.63) is 86.8 Å². The first kappa shape index (κ1) is 23.2. The van der Waals surface area contributed by atoms with Crippen molar-refractivity contribution >= 4 is 39.1 Å².